The minimum Gasteiger partial charge on any atom is -0.473 e. The zero-order valence-corrected chi connectivity index (χ0v) is 11.8. The average molecular weight is 252 g/mol. The van der Waals surface area contributed by atoms with Crippen LogP contribution in [0.15, 0.2) is 6.33 Å². The zero-order chi connectivity index (χ0) is 13.5. The molecule has 5 heteroatoms. The van der Waals surface area contributed by atoms with E-state index in [1.54, 1.807) is 0 Å². The van der Waals surface area contributed by atoms with Crippen molar-refractivity contribution in [2.24, 2.45) is 0 Å². The third-order valence-electron chi connectivity index (χ3n) is 2.63. The second-order valence-electron chi connectivity index (χ2n) is 4.71. The number of nitrogens with two attached hydrogens (primary N) is 1. The van der Waals surface area contributed by atoms with Crippen LogP contribution in [0, 0.1) is 0 Å². The van der Waals surface area contributed by atoms with Crippen LogP contribution in [0.25, 0.3) is 0 Å². The number of nitrogen functional groups attached to an aromatic ring is 1. The Bertz CT molecular complexity index is 368. The van der Waals surface area contributed by atoms with Gasteiger partial charge in [0.05, 0.1) is 6.10 Å². The molecule has 1 aromatic heterocycles. The summed E-state index contributed by atoms with van der Waals surface area (Å²) in [4.78, 5) is 10.4. The Labute approximate surface area is 109 Å². The van der Waals surface area contributed by atoms with Crippen LogP contribution in [0.4, 0.5) is 11.5 Å². The third-order valence-corrected chi connectivity index (χ3v) is 2.63. The summed E-state index contributed by atoms with van der Waals surface area (Å²) in [6.07, 6.45) is 5.11. The first-order valence-corrected chi connectivity index (χ1v) is 6.54. The number of rotatable bonds is 7. The number of ether oxygens (including phenoxy) is 1. The Morgan fingerprint density at radius 3 is 2.67 bits per heavy atom. The zero-order valence-electron chi connectivity index (χ0n) is 11.8. The Morgan fingerprint density at radius 1 is 1.33 bits per heavy atom. The van der Waals surface area contributed by atoms with Crippen molar-refractivity contribution in [3.8, 4) is 5.88 Å². The molecule has 0 aliphatic rings. The maximum atomic E-state index is 6.05. The summed E-state index contributed by atoms with van der Waals surface area (Å²) in [5.41, 5.74) is 6.56. The van der Waals surface area contributed by atoms with Crippen LogP contribution >= 0.6 is 0 Å². The van der Waals surface area contributed by atoms with E-state index in [0.717, 1.165) is 18.8 Å². The van der Waals surface area contributed by atoms with Crippen molar-refractivity contribution < 1.29 is 4.74 Å². The fraction of sp³-hybridized carbons (Fsp3) is 0.692. The summed E-state index contributed by atoms with van der Waals surface area (Å²) in [6, 6.07) is 0. The number of hydrogen-bond acceptors (Lipinski definition) is 5. The van der Waals surface area contributed by atoms with Gasteiger partial charge in [-0.25, -0.2) is 4.98 Å². The van der Waals surface area contributed by atoms with Crippen molar-refractivity contribution in [2.75, 3.05) is 24.2 Å². The van der Waals surface area contributed by atoms with E-state index in [9.17, 15) is 0 Å². The average Bonchev–Trinajstić information content (AvgIpc) is 2.31. The Hall–Kier alpha value is -1.52. The van der Waals surface area contributed by atoms with Crippen molar-refractivity contribution in [3.63, 3.8) is 0 Å². The minimum atomic E-state index is 0.0560. The SMILES string of the molecule is CCCCCN(C)c1ncnc(OC(C)C)c1N. The van der Waals surface area contributed by atoms with E-state index in [4.69, 9.17) is 10.5 Å². The predicted molar refractivity (Wildman–Crippen MR) is 75.0 cm³/mol. The van der Waals surface area contributed by atoms with Gasteiger partial charge < -0.3 is 15.4 Å². The number of hydrogen-bond donors (Lipinski definition) is 1. The van der Waals surface area contributed by atoms with E-state index >= 15 is 0 Å². The quantitative estimate of drug-likeness (QED) is 0.755. The van der Waals surface area contributed by atoms with E-state index < -0.39 is 0 Å². The van der Waals surface area contributed by atoms with Gasteiger partial charge in [0.1, 0.15) is 12.0 Å². The van der Waals surface area contributed by atoms with Gasteiger partial charge in [-0.15, -0.1) is 0 Å². The normalized spacial score (nSPS) is 10.7. The molecule has 0 saturated carbocycles. The summed E-state index contributed by atoms with van der Waals surface area (Å²) in [5, 5.41) is 0. The molecule has 0 aliphatic carbocycles. The molecule has 0 atom stereocenters. The molecule has 1 aromatic rings. The van der Waals surface area contributed by atoms with E-state index in [1.165, 1.54) is 19.2 Å². The van der Waals surface area contributed by atoms with Gasteiger partial charge in [-0.3, -0.25) is 0 Å². The Balaban J connectivity index is 2.75. The highest BCUT2D eigenvalue weighted by Gasteiger charge is 2.13. The maximum absolute atomic E-state index is 6.05. The molecular formula is C13H24N4O. The maximum Gasteiger partial charge on any atom is 0.242 e. The first-order chi connectivity index (χ1) is 8.56. The molecule has 0 radical (unpaired) electrons. The van der Waals surface area contributed by atoms with Crippen LogP contribution in [0.5, 0.6) is 5.88 Å². The van der Waals surface area contributed by atoms with Gasteiger partial charge in [0.15, 0.2) is 5.82 Å². The number of nitrogens with zero attached hydrogens (tertiary/aromatic N) is 3. The van der Waals surface area contributed by atoms with Crippen molar-refractivity contribution in [1.82, 2.24) is 9.97 Å². The summed E-state index contributed by atoms with van der Waals surface area (Å²) in [5.74, 6) is 1.22. The van der Waals surface area contributed by atoms with Crippen LogP contribution in [0.3, 0.4) is 0 Å². The highest BCUT2D eigenvalue weighted by Crippen LogP contribution is 2.27. The van der Waals surface area contributed by atoms with Gasteiger partial charge >= 0.3 is 0 Å². The largest absolute Gasteiger partial charge is 0.473 e. The van der Waals surface area contributed by atoms with E-state index in [2.05, 4.69) is 21.8 Å². The monoisotopic (exact) mass is 252 g/mol. The molecule has 5 nitrogen and oxygen atoms in total. The molecule has 0 bridgehead atoms. The summed E-state index contributed by atoms with van der Waals surface area (Å²) >= 11 is 0. The molecule has 102 valence electrons. The van der Waals surface area contributed by atoms with Crippen LogP contribution in [0.2, 0.25) is 0 Å². The second kappa shape index (κ2) is 7.03. The highest BCUT2D eigenvalue weighted by atomic mass is 16.5. The van der Waals surface area contributed by atoms with Gasteiger partial charge in [-0.2, -0.15) is 4.98 Å². The van der Waals surface area contributed by atoms with Crippen molar-refractivity contribution >= 4 is 11.5 Å². The molecule has 0 saturated heterocycles. The van der Waals surface area contributed by atoms with E-state index in [0.29, 0.717) is 11.6 Å². The molecule has 0 aliphatic heterocycles. The molecule has 0 unspecified atom stereocenters. The Morgan fingerprint density at radius 2 is 2.06 bits per heavy atom. The predicted octanol–water partition coefficient (Wildman–Crippen LogP) is 2.47. The molecule has 18 heavy (non-hydrogen) atoms. The van der Waals surface area contributed by atoms with Gasteiger partial charge in [-0.1, -0.05) is 19.8 Å². The van der Waals surface area contributed by atoms with E-state index in [1.807, 2.05) is 20.9 Å². The van der Waals surface area contributed by atoms with Gasteiger partial charge in [0, 0.05) is 13.6 Å². The Kier molecular flexibility index (Phi) is 5.68. The topological polar surface area (TPSA) is 64.3 Å². The molecule has 0 amide bonds. The van der Waals surface area contributed by atoms with Crippen molar-refractivity contribution in [1.29, 1.82) is 0 Å². The number of aromatic nitrogens is 2. The van der Waals surface area contributed by atoms with Crippen LogP contribution in [-0.4, -0.2) is 29.7 Å². The lowest BCUT2D eigenvalue weighted by Crippen LogP contribution is -2.22. The van der Waals surface area contributed by atoms with Crippen LogP contribution in [-0.2, 0) is 0 Å². The fourth-order valence-corrected chi connectivity index (χ4v) is 1.70. The van der Waals surface area contributed by atoms with Crippen LogP contribution < -0.4 is 15.4 Å². The molecule has 2 N–H and O–H groups in total. The van der Waals surface area contributed by atoms with E-state index in [-0.39, 0.29) is 6.10 Å². The highest BCUT2D eigenvalue weighted by molar-refractivity contribution is 5.67. The first-order valence-electron chi connectivity index (χ1n) is 6.54. The molecule has 1 heterocycles. The minimum absolute atomic E-state index is 0.0560. The third kappa shape index (κ3) is 4.05. The second-order valence-corrected chi connectivity index (χ2v) is 4.71. The molecule has 1 rings (SSSR count). The lowest BCUT2D eigenvalue weighted by atomic mass is 10.2. The summed E-state index contributed by atoms with van der Waals surface area (Å²) in [6.45, 7) is 7.03. The smallest absolute Gasteiger partial charge is 0.242 e. The molecule has 0 spiro atoms. The van der Waals surface area contributed by atoms with Gasteiger partial charge in [0.2, 0.25) is 5.88 Å². The van der Waals surface area contributed by atoms with Crippen LogP contribution in [0.1, 0.15) is 40.0 Å². The van der Waals surface area contributed by atoms with Crippen molar-refractivity contribution in [2.45, 2.75) is 46.1 Å². The molecule has 0 aromatic carbocycles. The number of unbranched alkanes of at least 4 members (excludes halogenated alkanes) is 2. The first kappa shape index (κ1) is 14.5. The number of anilines is 2. The molecular weight excluding hydrogens is 228 g/mol. The summed E-state index contributed by atoms with van der Waals surface area (Å²) < 4.78 is 5.56. The van der Waals surface area contributed by atoms with Gasteiger partial charge in [0.25, 0.3) is 0 Å². The summed E-state index contributed by atoms with van der Waals surface area (Å²) in [7, 11) is 1.99. The van der Waals surface area contributed by atoms with Gasteiger partial charge in [-0.05, 0) is 20.3 Å². The lowest BCUT2D eigenvalue weighted by molar-refractivity contribution is 0.234. The lowest BCUT2D eigenvalue weighted by Gasteiger charge is -2.21. The molecule has 0 fully saturated rings. The van der Waals surface area contributed by atoms with Crippen molar-refractivity contribution in [3.05, 3.63) is 6.33 Å². The standard InChI is InChI=1S/C13H24N4O/c1-5-6-7-8-17(4)12-11(14)13(16-9-15-12)18-10(2)3/h9-10H,5-8,14H2,1-4H3. The fourth-order valence-electron chi connectivity index (χ4n) is 1.70.